The van der Waals surface area contributed by atoms with Crippen molar-refractivity contribution in [3.8, 4) is 0 Å². The third-order valence-electron chi connectivity index (χ3n) is 4.76. The van der Waals surface area contributed by atoms with Gasteiger partial charge in [0, 0.05) is 31.2 Å². The molecule has 0 amide bonds. The van der Waals surface area contributed by atoms with Gasteiger partial charge >= 0.3 is 0 Å². The van der Waals surface area contributed by atoms with Crippen LogP contribution in [0.3, 0.4) is 0 Å². The Morgan fingerprint density at radius 2 is 2.00 bits per heavy atom. The highest BCUT2D eigenvalue weighted by atomic mass is 19.1. The lowest BCUT2D eigenvalue weighted by atomic mass is 9.91. The van der Waals surface area contributed by atoms with Crippen LogP contribution in [0.2, 0.25) is 0 Å². The summed E-state index contributed by atoms with van der Waals surface area (Å²) in [5, 5.41) is 3.79. The van der Waals surface area contributed by atoms with Crippen molar-refractivity contribution in [1.29, 1.82) is 0 Å². The number of hydrogen-bond acceptors (Lipinski definition) is 2. The summed E-state index contributed by atoms with van der Waals surface area (Å²) < 4.78 is 12.6. The van der Waals surface area contributed by atoms with Gasteiger partial charge in [-0.3, -0.25) is 4.90 Å². The highest BCUT2D eigenvalue weighted by molar-refractivity contribution is 5.03. The van der Waals surface area contributed by atoms with E-state index in [2.05, 4.69) is 10.2 Å². The van der Waals surface area contributed by atoms with Gasteiger partial charge in [0.15, 0.2) is 0 Å². The Kier molecular flexibility index (Phi) is 2.92. The lowest BCUT2D eigenvalue weighted by molar-refractivity contribution is 0.0641. The Morgan fingerprint density at radius 1 is 1.25 bits per heavy atom. The first kappa shape index (κ1) is 11.0. The van der Waals surface area contributed by atoms with Gasteiger partial charge in [-0.25, -0.2) is 4.39 Å². The summed E-state index contributed by atoms with van der Waals surface area (Å²) >= 11 is 0. The first-order valence-corrected chi connectivity index (χ1v) is 6.88. The Hall–Kier alpha value is -0.150. The molecule has 0 radical (unpaired) electrons. The smallest absolute Gasteiger partial charge is 0.102 e. The van der Waals surface area contributed by atoms with E-state index in [-0.39, 0.29) is 6.67 Å². The molecule has 1 aliphatic heterocycles. The van der Waals surface area contributed by atoms with Gasteiger partial charge in [-0.1, -0.05) is 12.8 Å². The molecule has 1 saturated heterocycles. The van der Waals surface area contributed by atoms with Crippen LogP contribution in [0.25, 0.3) is 0 Å². The van der Waals surface area contributed by atoms with Crippen molar-refractivity contribution >= 4 is 0 Å². The van der Waals surface area contributed by atoms with Crippen LogP contribution < -0.4 is 5.32 Å². The summed E-state index contributed by atoms with van der Waals surface area (Å²) in [5.41, 5.74) is 0.348. The van der Waals surface area contributed by atoms with Crippen LogP contribution in [0, 0.1) is 5.92 Å². The van der Waals surface area contributed by atoms with E-state index in [9.17, 15) is 4.39 Å². The van der Waals surface area contributed by atoms with Crippen LogP contribution in [0.4, 0.5) is 4.39 Å². The van der Waals surface area contributed by atoms with E-state index in [1.54, 1.807) is 0 Å². The van der Waals surface area contributed by atoms with Crippen LogP contribution in [0.15, 0.2) is 0 Å². The maximum atomic E-state index is 12.6. The van der Waals surface area contributed by atoms with E-state index in [1.165, 1.54) is 38.5 Å². The minimum absolute atomic E-state index is 0.181. The van der Waals surface area contributed by atoms with Crippen molar-refractivity contribution in [3.63, 3.8) is 0 Å². The molecule has 1 unspecified atom stereocenters. The van der Waals surface area contributed by atoms with Crippen molar-refractivity contribution in [2.45, 2.75) is 50.1 Å². The van der Waals surface area contributed by atoms with E-state index in [4.69, 9.17) is 0 Å². The quantitative estimate of drug-likeness (QED) is 0.791. The van der Waals surface area contributed by atoms with Gasteiger partial charge in [-0.2, -0.15) is 0 Å². The highest BCUT2D eigenvalue weighted by Gasteiger charge is 2.45. The van der Waals surface area contributed by atoms with Crippen LogP contribution in [-0.2, 0) is 0 Å². The maximum Gasteiger partial charge on any atom is 0.102 e. The average molecular weight is 226 g/mol. The van der Waals surface area contributed by atoms with Gasteiger partial charge in [0.25, 0.3) is 0 Å². The number of rotatable bonds is 3. The summed E-state index contributed by atoms with van der Waals surface area (Å²) in [6.07, 6.45) is 8.03. The lowest BCUT2D eigenvalue weighted by Gasteiger charge is -2.46. The zero-order chi connectivity index (χ0) is 11.0. The van der Waals surface area contributed by atoms with Crippen LogP contribution >= 0.6 is 0 Å². The number of alkyl halides is 1. The SMILES string of the molecule is FCCN1CC2(CCCC2)NCC1C1CC1. The molecular weight excluding hydrogens is 203 g/mol. The third kappa shape index (κ3) is 2.00. The zero-order valence-corrected chi connectivity index (χ0v) is 10.1. The average Bonchev–Trinajstić information content (AvgIpc) is 3.02. The second-order valence-electron chi connectivity index (χ2n) is 5.93. The summed E-state index contributed by atoms with van der Waals surface area (Å²) in [4.78, 5) is 2.44. The molecule has 1 spiro atoms. The maximum absolute atomic E-state index is 12.6. The lowest BCUT2D eigenvalue weighted by Crippen LogP contribution is -2.64. The molecule has 0 aromatic carbocycles. The van der Waals surface area contributed by atoms with E-state index in [0.29, 0.717) is 18.1 Å². The number of hydrogen-bond donors (Lipinski definition) is 1. The largest absolute Gasteiger partial charge is 0.308 e. The van der Waals surface area contributed by atoms with E-state index in [1.807, 2.05) is 0 Å². The van der Waals surface area contributed by atoms with Crippen molar-refractivity contribution in [1.82, 2.24) is 10.2 Å². The minimum atomic E-state index is -0.181. The molecule has 1 atom stereocenters. The number of halogens is 1. The Morgan fingerprint density at radius 3 is 2.62 bits per heavy atom. The first-order valence-electron chi connectivity index (χ1n) is 6.88. The van der Waals surface area contributed by atoms with E-state index >= 15 is 0 Å². The van der Waals surface area contributed by atoms with E-state index < -0.39 is 0 Å². The number of nitrogens with one attached hydrogen (secondary N) is 1. The second-order valence-corrected chi connectivity index (χ2v) is 5.93. The highest BCUT2D eigenvalue weighted by Crippen LogP contribution is 2.40. The number of nitrogens with zero attached hydrogens (tertiary/aromatic N) is 1. The van der Waals surface area contributed by atoms with E-state index in [0.717, 1.165) is 19.0 Å². The van der Waals surface area contributed by atoms with Gasteiger partial charge in [-0.05, 0) is 31.6 Å². The predicted octanol–water partition coefficient (Wildman–Crippen LogP) is 1.95. The molecule has 2 aliphatic carbocycles. The summed E-state index contributed by atoms with van der Waals surface area (Å²) in [7, 11) is 0. The third-order valence-corrected chi connectivity index (χ3v) is 4.76. The van der Waals surface area contributed by atoms with Gasteiger partial charge in [-0.15, -0.1) is 0 Å². The van der Waals surface area contributed by atoms with Gasteiger partial charge in [0.2, 0.25) is 0 Å². The van der Waals surface area contributed by atoms with Crippen molar-refractivity contribution in [2.24, 2.45) is 5.92 Å². The predicted molar refractivity (Wildman–Crippen MR) is 63.3 cm³/mol. The van der Waals surface area contributed by atoms with Crippen LogP contribution in [-0.4, -0.2) is 42.8 Å². The molecule has 2 saturated carbocycles. The molecule has 3 fully saturated rings. The Bertz CT molecular complexity index is 246. The summed E-state index contributed by atoms with van der Waals surface area (Å²) in [6.45, 7) is 2.67. The molecule has 2 nitrogen and oxygen atoms in total. The monoisotopic (exact) mass is 226 g/mol. The molecule has 92 valence electrons. The Balaban J connectivity index is 1.67. The Labute approximate surface area is 97.6 Å². The van der Waals surface area contributed by atoms with Gasteiger partial charge in [0.1, 0.15) is 6.67 Å². The normalized spacial score (nSPS) is 34.7. The fourth-order valence-electron chi connectivity index (χ4n) is 3.70. The molecule has 1 N–H and O–H groups in total. The molecule has 3 rings (SSSR count). The first-order chi connectivity index (χ1) is 7.83. The fraction of sp³-hybridized carbons (Fsp3) is 1.00. The molecule has 0 aromatic rings. The number of piperazine rings is 1. The standard InChI is InChI=1S/C13H23FN2/c14-7-8-16-10-13(5-1-2-6-13)15-9-12(16)11-3-4-11/h11-12,15H,1-10H2. The summed E-state index contributed by atoms with van der Waals surface area (Å²) in [5.74, 6) is 0.859. The van der Waals surface area contributed by atoms with Gasteiger partial charge < -0.3 is 5.32 Å². The molecule has 3 heteroatoms. The van der Waals surface area contributed by atoms with Crippen molar-refractivity contribution in [3.05, 3.63) is 0 Å². The van der Waals surface area contributed by atoms with Gasteiger partial charge in [0.05, 0.1) is 0 Å². The fourth-order valence-corrected chi connectivity index (χ4v) is 3.70. The molecule has 16 heavy (non-hydrogen) atoms. The van der Waals surface area contributed by atoms with Crippen molar-refractivity contribution in [2.75, 3.05) is 26.3 Å². The summed E-state index contributed by atoms with van der Waals surface area (Å²) in [6, 6.07) is 0.627. The minimum Gasteiger partial charge on any atom is -0.308 e. The molecule has 0 bridgehead atoms. The second kappa shape index (κ2) is 4.26. The molecular formula is C13H23FN2. The molecule has 3 aliphatic rings. The molecule has 1 heterocycles. The van der Waals surface area contributed by atoms with Crippen LogP contribution in [0.5, 0.6) is 0 Å². The molecule has 0 aromatic heterocycles. The topological polar surface area (TPSA) is 15.3 Å². The zero-order valence-electron chi connectivity index (χ0n) is 10.1. The van der Waals surface area contributed by atoms with Crippen LogP contribution in [0.1, 0.15) is 38.5 Å². The van der Waals surface area contributed by atoms with Crippen molar-refractivity contribution < 1.29 is 4.39 Å².